The van der Waals surface area contributed by atoms with Gasteiger partial charge in [-0.25, -0.2) is 0 Å². The minimum atomic E-state index is -0.394. The second kappa shape index (κ2) is 7.25. The Bertz CT molecular complexity index is 342. The fraction of sp³-hybridized carbons (Fsp3) is 0.417. The lowest BCUT2D eigenvalue weighted by molar-refractivity contribution is -0.122. The van der Waals surface area contributed by atoms with Gasteiger partial charge in [-0.15, -0.1) is 12.4 Å². The molecule has 0 unspecified atom stereocenters. The van der Waals surface area contributed by atoms with Crippen LogP contribution in [0.3, 0.4) is 0 Å². The third kappa shape index (κ3) is 4.64. The van der Waals surface area contributed by atoms with Crippen molar-refractivity contribution in [1.82, 2.24) is 5.32 Å². The van der Waals surface area contributed by atoms with Crippen LogP contribution in [0.25, 0.3) is 0 Å². The van der Waals surface area contributed by atoms with E-state index in [0.717, 1.165) is 5.56 Å². The molecule has 0 aliphatic heterocycles. The molecule has 3 N–H and O–H groups in total. The lowest BCUT2D eigenvalue weighted by Crippen LogP contribution is -2.39. The molecule has 0 aromatic heterocycles. The van der Waals surface area contributed by atoms with Crippen LogP contribution in [0, 0.1) is 6.92 Å². The van der Waals surface area contributed by atoms with Crippen molar-refractivity contribution in [2.24, 2.45) is 5.73 Å². The predicted molar refractivity (Wildman–Crippen MR) is 68.5 cm³/mol. The normalized spacial score (nSPS) is 11.4. The molecular weight excluding hydrogens is 224 g/mol. The summed E-state index contributed by atoms with van der Waals surface area (Å²) in [5.74, 6) is -0.0843. The molecule has 3 nitrogen and oxygen atoms in total. The molecule has 1 amide bonds. The van der Waals surface area contributed by atoms with E-state index in [4.69, 9.17) is 5.73 Å². The monoisotopic (exact) mass is 242 g/mol. The Morgan fingerprint density at radius 2 is 2.19 bits per heavy atom. The van der Waals surface area contributed by atoms with Crippen LogP contribution < -0.4 is 11.1 Å². The summed E-state index contributed by atoms with van der Waals surface area (Å²) in [7, 11) is 0. The second-order valence-corrected chi connectivity index (χ2v) is 3.72. The van der Waals surface area contributed by atoms with E-state index in [1.54, 1.807) is 0 Å². The van der Waals surface area contributed by atoms with E-state index in [-0.39, 0.29) is 18.3 Å². The summed E-state index contributed by atoms with van der Waals surface area (Å²) in [4.78, 5) is 11.4. The molecule has 16 heavy (non-hydrogen) atoms. The number of hydrogen-bond donors (Lipinski definition) is 2. The first-order valence-electron chi connectivity index (χ1n) is 5.22. The van der Waals surface area contributed by atoms with Gasteiger partial charge in [0, 0.05) is 6.54 Å². The number of halogens is 1. The third-order valence-electron chi connectivity index (χ3n) is 2.33. The molecule has 4 heteroatoms. The van der Waals surface area contributed by atoms with Crippen LogP contribution in [0.4, 0.5) is 0 Å². The molecule has 1 aromatic rings. The number of hydrogen-bond acceptors (Lipinski definition) is 2. The average Bonchev–Trinajstić information content (AvgIpc) is 2.25. The Balaban J connectivity index is 0.00000225. The third-order valence-corrected chi connectivity index (χ3v) is 2.33. The molecule has 0 aliphatic carbocycles. The molecule has 0 saturated carbocycles. The molecule has 0 bridgehead atoms. The van der Waals surface area contributed by atoms with Crippen molar-refractivity contribution in [3.63, 3.8) is 0 Å². The second-order valence-electron chi connectivity index (χ2n) is 3.72. The molecule has 1 aromatic carbocycles. The predicted octanol–water partition coefficient (Wildman–Crippen LogP) is 1.77. The summed E-state index contributed by atoms with van der Waals surface area (Å²) >= 11 is 0. The van der Waals surface area contributed by atoms with Gasteiger partial charge >= 0.3 is 0 Å². The first-order chi connectivity index (χ1) is 7.13. The summed E-state index contributed by atoms with van der Waals surface area (Å²) < 4.78 is 0. The highest BCUT2D eigenvalue weighted by atomic mass is 35.5. The quantitative estimate of drug-likeness (QED) is 0.846. The summed E-state index contributed by atoms with van der Waals surface area (Å²) in [6, 6.07) is 7.66. The lowest BCUT2D eigenvalue weighted by Gasteiger charge is -2.10. The van der Waals surface area contributed by atoms with E-state index in [1.165, 1.54) is 5.56 Å². The fourth-order valence-corrected chi connectivity index (χ4v) is 1.33. The maximum atomic E-state index is 11.4. The molecule has 0 fully saturated rings. The first kappa shape index (κ1) is 14.9. The van der Waals surface area contributed by atoms with Gasteiger partial charge in [0.25, 0.3) is 0 Å². The zero-order valence-electron chi connectivity index (χ0n) is 9.69. The van der Waals surface area contributed by atoms with Gasteiger partial charge in [-0.05, 0) is 18.9 Å². The largest absolute Gasteiger partial charge is 0.351 e. The number of nitrogens with one attached hydrogen (secondary N) is 1. The number of amides is 1. The lowest BCUT2D eigenvalue weighted by atomic mass is 10.1. The van der Waals surface area contributed by atoms with Gasteiger partial charge in [0.15, 0.2) is 0 Å². The summed E-state index contributed by atoms with van der Waals surface area (Å²) in [6.45, 7) is 4.48. The van der Waals surface area contributed by atoms with Crippen LogP contribution in [-0.2, 0) is 11.3 Å². The Kier molecular flexibility index (Phi) is 6.77. The number of carbonyl (C=O) groups is 1. The van der Waals surface area contributed by atoms with Crippen LogP contribution in [0.5, 0.6) is 0 Å². The Morgan fingerprint density at radius 1 is 1.50 bits per heavy atom. The Labute approximate surface area is 103 Å². The van der Waals surface area contributed by atoms with Gasteiger partial charge in [-0.2, -0.15) is 0 Å². The zero-order valence-corrected chi connectivity index (χ0v) is 10.5. The summed E-state index contributed by atoms with van der Waals surface area (Å²) in [5, 5.41) is 2.81. The average molecular weight is 243 g/mol. The van der Waals surface area contributed by atoms with Crippen LogP contribution in [0.1, 0.15) is 24.5 Å². The van der Waals surface area contributed by atoms with E-state index in [1.807, 2.05) is 32.0 Å². The molecule has 0 heterocycles. The highest BCUT2D eigenvalue weighted by Gasteiger charge is 2.09. The van der Waals surface area contributed by atoms with Gasteiger partial charge in [0.2, 0.25) is 5.91 Å². The molecule has 1 atom stereocenters. The summed E-state index contributed by atoms with van der Waals surface area (Å²) in [6.07, 6.45) is 0.666. The van der Waals surface area contributed by atoms with Crippen LogP contribution >= 0.6 is 12.4 Å². The zero-order chi connectivity index (χ0) is 11.3. The standard InChI is InChI=1S/C12H18N2O.ClH/c1-3-11(13)12(15)14-8-10-6-4-5-9(2)7-10;/h4-7,11H,3,8,13H2,1-2H3,(H,14,15);1H/t11-;/m0./s1. The van der Waals surface area contributed by atoms with E-state index < -0.39 is 6.04 Å². The van der Waals surface area contributed by atoms with Gasteiger partial charge < -0.3 is 11.1 Å². The number of carbonyl (C=O) groups excluding carboxylic acids is 1. The van der Waals surface area contributed by atoms with Crippen molar-refractivity contribution < 1.29 is 4.79 Å². The molecule has 0 spiro atoms. The number of rotatable bonds is 4. The van der Waals surface area contributed by atoms with E-state index >= 15 is 0 Å². The van der Waals surface area contributed by atoms with Crippen molar-refractivity contribution in [2.75, 3.05) is 0 Å². The van der Waals surface area contributed by atoms with Crippen LogP contribution in [0.2, 0.25) is 0 Å². The van der Waals surface area contributed by atoms with E-state index in [9.17, 15) is 4.79 Å². The smallest absolute Gasteiger partial charge is 0.237 e. The van der Waals surface area contributed by atoms with Crippen molar-refractivity contribution in [2.45, 2.75) is 32.9 Å². The molecular formula is C12H19ClN2O. The van der Waals surface area contributed by atoms with Gasteiger partial charge in [-0.1, -0.05) is 36.8 Å². The molecule has 0 saturated heterocycles. The van der Waals surface area contributed by atoms with Crippen LogP contribution in [-0.4, -0.2) is 11.9 Å². The molecule has 0 aliphatic rings. The van der Waals surface area contributed by atoms with Crippen molar-refractivity contribution in [3.8, 4) is 0 Å². The molecule has 0 radical (unpaired) electrons. The Morgan fingerprint density at radius 3 is 2.75 bits per heavy atom. The SMILES string of the molecule is CC[C@H](N)C(=O)NCc1cccc(C)c1.Cl. The van der Waals surface area contributed by atoms with Gasteiger partial charge in [-0.3, -0.25) is 4.79 Å². The maximum Gasteiger partial charge on any atom is 0.237 e. The van der Waals surface area contributed by atoms with Gasteiger partial charge in [0.05, 0.1) is 6.04 Å². The minimum Gasteiger partial charge on any atom is -0.351 e. The van der Waals surface area contributed by atoms with Crippen molar-refractivity contribution in [1.29, 1.82) is 0 Å². The van der Waals surface area contributed by atoms with Gasteiger partial charge in [0.1, 0.15) is 0 Å². The highest BCUT2D eigenvalue weighted by molar-refractivity contribution is 5.85. The van der Waals surface area contributed by atoms with E-state index in [2.05, 4.69) is 11.4 Å². The number of aryl methyl sites for hydroxylation is 1. The van der Waals surface area contributed by atoms with Crippen LogP contribution in [0.15, 0.2) is 24.3 Å². The maximum absolute atomic E-state index is 11.4. The summed E-state index contributed by atoms with van der Waals surface area (Å²) in [5.41, 5.74) is 7.90. The topological polar surface area (TPSA) is 55.1 Å². The fourth-order valence-electron chi connectivity index (χ4n) is 1.33. The number of nitrogens with two attached hydrogens (primary N) is 1. The molecule has 90 valence electrons. The van der Waals surface area contributed by atoms with Crippen molar-refractivity contribution >= 4 is 18.3 Å². The number of benzene rings is 1. The first-order valence-corrected chi connectivity index (χ1v) is 5.22. The minimum absolute atomic E-state index is 0. The highest BCUT2D eigenvalue weighted by Crippen LogP contribution is 2.03. The van der Waals surface area contributed by atoms with Crippen molar-refractivity contribution in [3.05, 3.63) is 35.4 Å². The Hall–Kier alpha value is -1.06. The van der Waals surface area contributed by atoms with E-state index in [0.29, 0.717) is 13.0 Å². The molecule has 1 rings (SSSR count).